The van der Waals surface area contributed by atoms with Gasteiger partial charge in [-0.2, -0.15) is 0 Å². The van der Waals surface area contributed by atoms with Crippen LogP contribution in [0.25, 0.3) is 0 Å². The average Bonchev–Trinajstić information content (AvgIpc) is 2.22. The molecule has 5 nitrogen and oxygen atoms in total. The summed E-state index contributed by atoms with van der Waals surface area (Å²) in [5.41, 5.74) is 7.13. The summed E-state index contributed by atoms with van der Waals surface area (Å²) in [5, 5.41) is 0. The number of anilines is 2. The molecule has 1 aromatic heterocycles. The molecule has 1 aromatic rings. The summed E-state index contributed by atoms with van der Waals surface area (Å²) in [5.74, 6) is 1.22. The van der Waals surface area contributed by atoms with Crippen LogP contribution in [0.4, 0.5) is 11.5 Å². The molecule has 0 bridgehead atoms. The van der Waals surface area contributed by atoms with E-state index in [2.05, 4.69) is 4.98 Å². The van der Waals surface area contributed by atoms with E-state index >= 15 is 0 Å². The molecule has 88 valence electrons. The topological polar surface area (TPSA) is 76.3 Å². The summed E-state index contributed by atoms with van der Waals surface area (Å²) in [6.45, 7) is 2.87. The highest BCUT2D eigenvalue weighted by Gasteiger charge is 2.22. The van der Waals surface area contributed by atoms with Crippen LogP contribution in [-0.4, -0.2) is 38.0 Å². The number of nitrogens with zero attached hydrogens (tertiary/aromatic N) is 2. The minimum absolute atomic E-state index is 0.206. The van der Waals surface area contributed by atoms with Crippen LogP contribution in [0.2, 0.25) is 0 Å². The van der Waals surface area contributed by atoms with Crippen LogP contribution < -0.4 is 10.6 Å². The molecule has 2 N–H and O–H groups in total. The van der Waals surface area contributed by atoms with Crippen molar-refractivity contribution in [1.82, 2.24) is 4.98 Å². The van der Waals surface area contributed by atoms with Crippen LogP contribution in [0.3, 0.4) is 0 Å². The van der Waals surface area contributed by atoms with Gasteiger partial charge in [-0.3, -0.25) is 0 Å². The van der Waals surface area contributed by atoms with Gasteiger partial charge in [-0.25, -0.2) is 13.4 Å². The largest absolute Gasteiger partial charge is 0.397 e. The normalized spacial score (nSPS) is 19.7. The lowest BCUT2D eigenvalue weighted by Crippen LogP contribution is -2.40. The molecular weight excluding hydrogens is 226 g/mol. The van der Waals surface area contributed by atoms with Crippen molar-refractivity contribution in [2.24, 2.45) is 0 Å². The van der Waals surface area contributed by atoms with Gasteiger partial charge in [0.25, 0.3) is 0 Å². The summed E-state index contributed by atoms with van der Waals surface area (Å²) < 4.78 is 22.6. The van der Waals surface area contributed by atoms with Gasteiger partial charge in [0.15, 0.2) is 9.84 Å². The predicted molar refractivity (Wildman–Crippen MR) is 64.3 cm³/mol. The quantitative estimate of drug-likeness (QED) is 0.760. The first-order chi connectivity index (χ1) is 7.48. The second-order valence-corrected chi connectivity index (χ2v) is 6.29. The molecule has 0 atom stereocenters. The Morgan fingerprint density at radius 1 is 1.31 bits per heavy atom. The number of hydrogen-bond donors (Lipinski definition) is 1. The van der Waals surface area contributed by atoms with Gasteiger partial charge < -0.3 is 10.6 Å². The molecule has 2 rings (SSSR count). The summed E-state index contributed by atoms with van der Waals surface area (Å²) in [6.07, 6.45) is 0. The number of pyridine rings is 1. The van der Waals surface area contributed by atoms with E-state index in [9.17, 15) is 8.42 Å². The molecule has 0 aromatic carbocycles. The van der Waals surface area contributed by atoms with Crippen LogP contribution >= 0.6 is 0 Å². The molecular formula is C10H15N3O2S. The average molecular weight is 241 g/mol. The lowest BCUT2D eigenvalue weighted by molar-refractivity contribution is 0.586. The maximum Gasteiger partial charge on any atom is 0.153 e. The molecule has 0 saturated carbocycles. The third-order valence-electron chi connectivity index (χ3n) is 2.78. The molecule has 0 aliphatic carbocycles. The van der Waals surface area contributed by atoms with Gasteiger partial charge in [0.05, 0.1) is 22.9 Å². The summed E-state index contributed by atoms with van der Waals surface area (Å²) in [7, 11) is -2.84. The fourth-order valence-corrected chi connectivity index (χ4v) is 2.88. The highest BCUT2D eigenvalue weighted by molar-refractivity contribution is 7.91. The highest BCUT2D eigenvalue weighted by atomic mass is 32.2. The lowest BCUT2D eigenvalue weighted by Gasteiger charge is -2.27. The third kappa shape index (κ3) is 2.27. The molecule has 2 heterocycles. The van der Waals surface area contributed by atoms with Crippen molar-refractivity contribution >= 4 is 21.3 Å². The van der Waals surface area contributed by atoms with Crippen molar-refractivity contribution < 1.29 is 8.42 Å². The van der Waals surface area contributed by atoms with Crippen LogP contribution in [0.1, 0.15) is 5.69 Å². The number of nitrogen functional groups attached to an aromatic ring is 1. The number of sulfone groups is 1. The van der Waals surface area contributed by atoms with Crippen molar-refractivity contribution in [3.8, 4) is 0 Å². The molecule has 0 amide bonds. The molecule has 0 spiro atoms. The maximum absolute atomic E-state index is 11.3. The van der Waals surface area contributed by atoms with Crippen molar-refractivity contribution in [2.75, 3.05) is 35.2 Å². The summed E-state index contributed by atoms with van der Waals surface area (Å²) in [6, 6.07) is 3.64. The standard InChI is InChI=1S/C10H15N3O2S/c1-8-9(11)2-3-10(12-8)13-4-6-16(14,15)7-5-13/h2-3H,4-7,11H2,1H3. The SMILES string of the molecule is Cc1nc(N2CCS(=O)(=O)CC2)ccc1N. The molecule has 0 unspecified atom stereocenters. The molecule has 1 aliphatic heterocycles. The Labute approximate surface area is 95.2 Å². The zero-order valence-corrected chi connectivity index (χ0v) is 10.00. The van der Waals surface area contributed by atoms with Crippen molar-refractivity contribution in [2.45, 2.75) is 6.92 Å². The second kappa shape index (κ2) is 3.93. The van der Waals surface area contributed by atoms with E-state index < -0.39 is 9.84 Å². The minimum atomic E-state index is -2.84. The molecule has 6 heteroatoms. The third-order valence-corrected chi connectivity index (χ3v) is 4.39. The van der Waals surface area contributed by atoms with Gasteiger partial charge in [0, 0.05) is 13.1 Å². The summed E-state index contributed by atoms with van der Waals surface area (Å²) >= 11 is 0. The maximum atomic E-state index is 11.3. The van der Waals surface area contributed by atoms with E-state index in [1.807, 2.05) is 17.9 Å². The zero-order valence-electron chi connectivity index (χ0n) is 9.18. The zero-order chi connectivity index (χ0) is 11.8. The molecule has 1 saturated heterocycles. The van der Waals surface area contributed by atoms with Gasteiger partial charge in [-0.1, -0.05) is 0 Å². The van der Waals surface area contributed by atoms with Crippen molar-refractivity contribution in [3.63, 3.8) is 0 Å². The van der Waals surface area contributed by atoms with Crippen LogP contribution in [0, 0.1) is 6.92 Å². The van der Waals surface area contributed by atoms with E-state index in [1.165, 1.54) is 0 Å². The van der Waals surface area contributed by atoms with Crippen LogP contribution in [0.5, 0.6) is 0 Å². The Hall–Kier alpha value is -1.30. The molecule has 1 fully saturated rings. The second-order valence-electron chi connectivity index (χ2n) is 3.98. The molecule has 1 aliphatic rings. The molecule has 0 radical (unpaired) electrons. The fourth-order valence-electron chi connectivity index (χ4n) is 1.68. The van der Waals surface area contributed by atoms with Crippen LogP contribution in [0.15, 0.2) is 12.1 Å². The minimum Gasteiger partial charge on any atom is -0.397 e. The number of rotatable bonds is 1. The highest BCUT2D eigenvalue weighted by Crippen LogP contribution is 2.18. The van der Waals surface area contributed by atoms with Gasteiger partial charge in [-0.05, 0) is 19.1 Å². The Bertz CT molecular complexity index is 485. The first-order valence-corrected chi connectivity index (χ1v) is 6.98. The van der Waals surface area contributed by atoms with E-state index in [0.717, 1.165) is 11.5 Å². The Morgan fingerprint density at radius 2 is 1.94 bits per heavy atom. The fraction of sp³-hybridized carbons (Fsp3) is 0.500. The van der Waals surface area contributed by atoms with Gasteiger partial charge in [-0.15, -0.1) is 0 Å². The van der Waals surface area contributed by atoms with Crippen molar-refractivity contribution in [3.05, 3.63) is 17.8 Å². The van der Waals surface area contributed by atoms with Gasteiger partial charge in [0.1, 0.15) is 5.82 Å². The van der Waals surface area contributed by atoms with Crippen molar-refractivity contribution in [1.29, 1.82) is 0 Å². The lowest BCUT2D eigenvalue weighted by atomic mass is 10.3. The number of hydrogen-bond acceptors (Lipinski definition) is 5. The van der Waals surface area contributed by atoms with E-state index in [0.29, 0.717) is 18.8 Å². The van der Waals surface area contributed by atoms with Gasteiger partial charge >= 0.3 is 0 Å². The van der Waals surface area contributed by atoms with E-state index in [-0.39, 0.29) is 11.5 Å². The predicted octanol–water partition coefficient (Wildman–Crippen LogP) is 0.207. The monoisotopic (exact) mass is 241 g/mol. The molecule has 16 heavy (non-hydrogen) atoms. The summed E-state index contributed by atoms with van der Waals surface area (Å²) in [4.78, 5) is 6.33. The first kappa shape index (κ1) is 11.2. The van der Waals surface area contributed by atoms with Gasteiger partial charge in [0.2, 0.25) is 0 Å². The van der Waals surface area contributed by atoms with E-state index in [1.54, 1.807) is 6.07 Å². The van der Waals surface area contributed by atoms with Crippen LogP contribution in [-0.2, 0) is 9.84 Å². The number of aromatic nitrogens is 1. The Morgan fingerprint density at radius 3 is 2.50 bits per heavy atom. The van der Waals surface area contributed by atoms with E-state index in [4.69, 9.17) is 5.73 Å². The number of nitrogens with two attached hydrogens (primary N) is 1. The number of aryl methyl sites for hydroxylation is 1. The Kier molecular flexibility index (Phi) is 2.75. The Balaban J connectivity index is 2.17. The first-order valence-electron chi connectivity index (χ1n) is 5.16. The smallest absolute Gasteiger partial charge is 0.153 e.